The number of aliphatic hydroxyl groups is 1. The number of fused-ring (bicyclic) bond motifs is 3. The first-order chi connectivity index (χ1) is 15.8. The number of rotatable bonds is 2. The highest BCUT2D eigenvalue weighted by molar-refractivity contribution is 6.07. The number of para-hydroxylation sites is 1. The van der Waals surface area contributed by atoms with E-state index in [2.05, 4.69) is 5.32 Å². The van der Waals surface area contributed by atoms with Gasteiger partial charge in [-0.15, -0.1) is 0 Å². The van der Waals surface area contributed by atoms with E-state index in [0.717, 1.165) is 11.1 Å². The molecule has 5 rings (SSSR count). The lowest BCUT2D eigenvalue weighted by Crippen LogP contribution is -2.63. The van der Waals surface area contributed by atoms with E-state index in [1.165, 1.54) is 0 Å². The summed E-state index contributed by atoms with van der Waals surface area (Å²) in [6.45, 7) is 6.05. The molecule has 2 aromatic carbocycles. The zero-order valence-electron chi connectivity index (χ0n) is 18.8. The van der Waals surface area contributed by atoms with E-state index in [9.17, 15) is 19.5 Å². The molecular weight excluding hydrogens is 420 g/mol. The molecule has 8 nitrogen and oxygen atoms in total. The van der Waals surface area contributed by atoms with E-state index in [1.54, 1.807) is 22.9 Å². The molecule has 3 aliphatic heterocycles. The standard InChI is InChI=1S/C25H26N4O4/c1-14(2)27-13-29(28-12-15(3)22(30)23(31)21(28)25(27)33)20-16-8-4-5-9-17(16)24(32)26-19-11-7-6-10-18(19)20/h4-11,14-15,20,31H,12-13H2,1-3H3,(H,26,32). The Bertz CT molecular complexity index is 1200. The van der Waals surface area contributed by atoms with Gasteiger partial charge in [-0.05, 0) is 37.1 Å². The Labute approximate surface area is 192 Å². The number of Topliss-reactive ketones (excluding diaryl/α,β-unsaturated/α-hetero) is 1. The summed E-state index contributed by atoms with van der Waals surface area (Å²) in [5.41, 5.74) is 2.89. The number of hydrogen-bond acceptors (Lipinski definition) is 6. The maximum Gasteiger partial charge on any atom is 0.276 e. The van der Waals surface area contributed by atoms with Crippen LogP contribution in [0, 0.1) is 5.92 Å². The van der Waals surface area contributed by atoms with Gasteiger partial charge in [-0.2, -0.15) is 5.01 Å². The van der Waals surface area contributed by atoms with Crippen LogP contribution in [0.4, 0.5) is 5.69 Å². The molecule has 1 saturated heterocycles. The Kier molecular flexibility index (Phi) is 4.97. The minimum atomic E-state index is -0.501. The summed E-state index contributed by atoms with van der Waals surface area (Å²) in [6, 6.07) is 14.4. The lowest BCUT2D eigenvalue weighted by molar-refractivity contribution is -0.164. The maximum absolute atomic E-state index is 13.3. The molecule has 2 unspecified atom stereocenters. The van der Waals surface area contributed by atoms with Gasteiger partial charge in [0.1, 0.15) is 0 Å². The average molecular weight is 447 g/mol. The highest BCUT2D eigenvalue weighted by Gasteiger charge is 2.47. The predicted octanol–water partition coefficient (Wildman–Crippen LogP) is 3.06. The van der Waals surface area contributed by atoms with Crippen molar-refractivity contribution in [1.29, 1.82) is 0 Å². The highest BCUT2D eigenvalue weighted by atomic mass is 16.3. The molecule has 0 aliphatic carbocycles. The molecule has 0 spiro atoms. The van der Waals surface area contributed by atoms with Gasteiger partial charge < -0.3 is 15.3 Å². The lowest BCUT2D eigenvalue weighted by atomic mass is 9.92. The molecule has 2 aromatic rings. The number of benzene rings is 2. The predicted molar refractivity (Wildman–Crippen MR) is 122 cm³/mol. The molecule has 33 heavy (non-hydrogen) atoms. The van der Waals surface area contributed by atoms with Crippen molar-refractivity contribution in [2.24, 2.45) is 5.92 Å². The van der Waals surface area contributed by atoms with Gasteiger partial charge in [0.05, 0.1) is 12.7 Å². The first kappa shape index (κ1) is 21.2. The molecule has 2 amide bonds. The summed E-state index contributed by atoms with van der Waals surface area (Å²) in [4.78, 5) is 40.6. The largest absolute Gasteiger partial charge is 0.503 e. The number of anilines is 1. The van der Waals surface area contributed by atoms with Crippen LogP contribution in [0.25, 0.3) is 0 Å². The number of ketones is 1. The normalized spacial score (nSPS) is 23.2. The number of hydrazine groups is 1. The summed E-state index contributed by atoms with van der Waals surface area (Å²) in [5.74, 6) is -1.98. The quantitative estimate of drug-likeness (QED) is 0.737. The first-order valence-electron chi connectivity index (χ1n) is 11.1. The third kappa shape index (κ3) is 3.21. The summed E-state index contributed by atoms with van der Waals surface area (Å²) in [6.07, 6.45) is 0. The van der Waals surface area contributed by atoms with Gasteiger partial charge in [0.2, 0.25) is 5.78 Å². The Balaban J connectivity index is 1.76. The van der Waals surface area contributed by atoms with E-state index >= 15 is 0 Å². The van der Waals surface area contributed by atoms with Gasteiger partial charge >= 0.3 is 0 Å². The van der Waals surface area contributed by atoms with Gasteiger partial charge in [-0.25, -0.2) is 0 Å². The van der Waals surface area contributed by atoms with Crippen LogP contribution in [0.15, 0.2) is 60.0 Å². The minimum Gasteiger partial charge on any atom is -0.503 e. The van der Waals surface area contributed by atoms with Crippen LogP contribution < -0.4 is 5.32 Å². The molecular formula is C25H26N4O4. The zero-order chi connectivity index (χ0) is 23.4. The number of nitrogens with zero attached hydrogens (tertiary/aromatic N) is 3. The number of nitrogens with one attached hydrogen (secondary N) is 1. The number of aliphatic hydroxyl groups excluding tert-OH is 1. The maximum atomic E-state index is 13.3. The van der Waals surface area contributed by atoms with E-state index < -0.39 is 23.5 Å². The van der Waals surface area contributed by atoms with Crippen molar-refractivity contribution in [1.82, 2.24) is 14.9 Å². The Morgan fingerprint density at radius 1 is 1.00 bits per heavy atom. The van der Waals surface area contributed by atoms with Gasteiger partial charge in [-0.1, -0.05) is 43.3 Å². The molecule has 0 saturated carbocycles. The number of hydrogen-bond donors (Lipinski definition) is 2. The molecule has 0 bridgehead atoms. The van der Waals surface area contributed by atoms with Crippen molar-refractivity contribution in [3.8, 4) is 0 Å². The van der Waals surface area contributed by atoms with Crippen molar-refractivity contribution >= 4 is 23.3 Å². The molecule has 2 N–H and O–H groups in total. The average Bonchev–Trinajstić information content (AvgIpc) is 2.91. The molecule has 170 valence electrons. The van der Waals surface area contributed by atoms with Crippen LogP contribution in [-0.4, -0.2) is 56.9 Å². The van der Waals surface area contributed by atoms with Crippen molar-refractivity contribution in [3.63, 3.8) is 0 Å². The fourth-order valence-electron chi connectivity index (χ4n) is 4.87. The topological polar surface area (TPSA) is 93.2 Å². The smallest absolute Gasteiger partial charge is 0.276 e. The molecule has 8 heteroatoms. The summed E-state index contributed by atoms with van der Waals surface area (Å²) < 4.78 is 0. The van der Waals surface area contributed by atoms with E-state index in [1.807, 2.05) is 61.3 Å². The van der Waals surface area contributed by atoms with Crippen molar-refractivity contribution in [3.05, 3.63) is 76.7 Å². The SMILES string of the molecule is CC1CN2C(=C(O)C1=O)C(=O)N(C(C)C)CN2C1c2ccccc2NC(=O)c2ccccc21. The molecule has 2 atom stereocenters. The monoisotopic (exact) mass is 446 g/mol. The number of amides is 2. The van der Waals surface area contributed by atoms with Crippen LogP contribution in [0.1, 0.15) is 48.3 Å². The molecule has 0 aromatic heterocycles. The van der Waals surface area contributed by atoms with E-state index in [0.29, 0.717) is 11.3 Å². The second-order valence-corrected chi connectivity index (χ2v) is 9.03. The number of allylic oxidation sites excluding steroid dienone is 1. The Morgan fingerprint density at radius 3 is 2.39 bits per heavy atom. The van der Waals surface area contributed by atoms with Gasteiger partial charge in [0.15, 0.2) is 11.5 Å². The first-order valence-corrected chi connectivity index (χ1v) is 11.1. The van der Waals surface area contributed by atoms with Crippen molar-refractivity contribution in [2.75, 3.05) is 18.5 Å². The van der Waals surface area contributed by atoms with Crippen molar-refractivity contribution in [2.45, 2.75) is 32.9 Å². The minimum absolute atomic E-state index is 0.00320. The van der Waals surface area contributed by atoms with Gasteiger partial charge in [-0.3, -0.25) is 19.4 Å². The Morgan fingerprint density at radius 2 is 1.67 bits per heavy atom. The van der Waals surface area contributed by atoms with Crippen molar-refractivity contribution < 1.29 is 19.5 Å². The molecule has 1 fully saturated rings. The Hall–Kier alpha value is -3.65. The van der Waals surface area contributed by atoms with E-state index in [4.69, 9.17) is 0 Å². The summed E-state index contributed by atoms with van der Waals surface area (Å²) in [5, 5.41) is 17.5. The van der Waals surface area contributed by atoms with Crippen LogP contribution in [0.5, 0.6) is 0 Å². The van der Waals surface area contributed by atoms with Crippen LogP contribution in [0.3, 0.4) is 0 Å². The van der Waals surface area contributed by atoms with E-state index in [-0.39, 0.29) is 36.8 Å². The molecule has 0 radical (unpaired) electrons. The number of carbonyl (C=O) groups excluding carboxylic acids is 3. The lowest BCUT2D eigenvalue weighted by Gasteiger charge is -2.51. The second kappa shape index (κ2) is 7.74. The zero-order valence-corrected chi connectivity index (χ0v) is 18.8. The summed E-state index contributed by atoms with van der Waals surface area (Å²) >= 11 is 0. The van der Waals surface area contributed by atoms with Crippen LogP contribution in [-0.2, 0) is 9.59 Å². The molecule has 3 aliphatic rings. The fourth-order valence-corrected chi connectivity index (χ4v) is 4.87. The van der Waals surface area contributed by atoms with Crippen LogP contribution >= 0.6 is 0 Å². The third-order valence-electron chi connectivity index (χ3n) is 6.61. The van der Waals surface area contributed by atoms with Gasteiger partial charge in [0.25, 0.3) is 11.8 Å². The second-order valence-electron chi connectivity index (χ2n) is 9.03. The number of carbonyl (C=O) groups is 3. The third-order valence-corrected chi connectivity index (χ3v) is 6.61. The summed E-state index contributed by atoms with van der Waals surface area (Å²) in [7, 11) is 0. The molecule has 3 heterocycles. The fraction of sp³-hybridized carbons (Fsp3) is 0.320. The van der Waals surface area contributed by atoms with Crippen LogP contribution in [0.2, 0.25) is 0 Å². The van der Waals surface area contributed by atoms with Gasteiger partial charge in [0, 0.05) is 29.8 Å². The highest BCUT2D eigenvalue weighted by Crippen LogP contribution is 2.42.